The van der Waals surface area contributed by atoms with Gasteiger partial charge >= 0.3 is 0 Å². The van der Waals surface area contributed by atoms with Gasteiger partial charge in [-0.2, -0.15) is 5.10 Å². The monoisotopic (exact) mass is 269 g/mol. The SMILES string of the molecule is CCn1ncc(Cl)c1C(NC)C1CCCC1(C)C. The summed E-state index contributed by atoms with van der Waals surface area (Å²) in [4.78, 5) is 0. The minimum absolute atomic E-state index is 0.303. The molecule has 0 saturated heterocycles. The summed E-state index contributed by atoms with van der Waals surface area (Å²) in [6.45, 7) is 7.72. The topological polar surface area (TPSA) is 29.9 Å². The van der Waals surface area contributed by atoms with Crippen molar-refractivity contribution in [2.24, 2.45) is 11.3 Å². The summed E-state index contributed by atoms with van der Waals surface area (Å²) in [5, 5.41) is 8.63. The maximum atomic E-state index is 6.35. The number of nitrogens with one attached hydrogen (secondary N) is 1. The fraction of sp³-hybridized carbons (Fsp3) is 0.786. The van der Waals surface area contributed by atoms with Gasteiger partial charge in [0.2, 0.25) is 0 Å². The number of nitrogens with zero attached hydrogens (tertiary/aromatic N) is 2. The minimum Gasteiger partial charge on any atom is -0.311 e. The number of hydrogen-bond donors (Lipinski definition) is 1. The molecule has 1 N–H and O–H groups in total. The van der Waals surface area contributed by atoms with Crippen molar-refractivity contribution in [1.82, 2.24) is 15.1 Å². The molecule has 0 aromatic carbocycles. The van der Waals surface area contributed by atoms with E-state index >= 15 is 0 Å². The Morgan fingerprint density at radius 1 is 1.61 bits per heavy atom. The van der Waals surface area contributed by atoms with Crippen LogP contribution in [0.15, 0.2) is 6.20 Å². The molecule has 2 atom stereocenters. The van der Waals surface area contributed by atoms with Crippen molar-refractivity contribution in [3.05, 3.63) is 16.9 Å². The van der Waals surface area contributed by atoms with E-state index in [0.29, 0.717) is 17.4 Å². The van der Waals surface area contributed by atoms with Gasteiger partial charge in [-0.25, -0.2) is 0 Å². The van der Waals surface area contributed by atoms with E-state index in [1.54, 1.807) is 6.20 Å². The van der Waals surface area contributed by atoms with Crippen LogP contribution >= 0.6 is 11.6 Å². The van der Waals surface area contributed by atoms with Crippen LogP contribution in [0.25, 0.3) is 0 Å². The fourth-order valence-electron chi connectivity index (χ4n) is 3.43. The van der Waals surface area contributed by atoms with Crippen LogP contribution in [0.4, 0.5) is 0 Å². The third kappa shape index (κ3) is 2.30. The molecule has 0 aliphatic heterocycles. The maximum absolute atomic E-state index is 6.35. The van der Waals surface area contributed by atoms with Crippen LogP contribution in [-0.4, -0.2) is 16.8 Å². The zero-order valence-corrected chi connectivity index (χ0v) is 12.6. The Morgan fingerprint density at radius 2 is 2.33 bits per heavy atom. The number of rotatable bonds is 4. The Balaban J connectivity index is 2.36. The molecule has 1 fully saturated rings. The van der Waals surface area contributed by atoms with Crippen LogP contribution in [0, 0.1) is 11.3 Å². The normalized spacial score (nSPS) is 24.4. The van der Waals surface area contributed by atoms with Gasteiger partial charge in [-0.15, -0.1) is 0 Å². The Bertz CT molecular complexity index is 411. The number of halogens is 1. The molecule has 102 valence electrons. The average Bonchev–Trinajstić information content (AvgIpc) is 2.85. The van der Waals surface area contributed by atoms with Crippen molar-refractivity contribution in [1.29, 1.82) is 0 Å². The van der Waals surface area contributed by atoms with Gasteiger partial charge in [-0.05, 0) is 38.1 Å². The summed E-state index contributed by atoms with van der Waals surface area (Å²) < 4.78 is 2.03. The van der Waals surface area contributed by atoms with Gasteiger partial charge in [-0.3, -0.25) is 4.68 Å². The zero-order chi connectivity index (χ0) is 13.3. The highest BCUT2D eigenvalue weighted by Gasteiger charge is 2.41. The van der Waals surface area contributed by atoms with E-state index in [0.717, 1.165) is 17.3 Å². The molecular weight excluding hydrogens is 246 g/mol. The fourth-order valence-corrected chi connectivity index (χ4v) is 3.69. The number of hydrogen-bond acceptors (Lipinski definition) is 2. The highest BCUT2D eigenvalue weighted by atomic mass is 35.5. The van der Waals surface area contributed by atoms with Crippen LogP contribution in [0.2, 0.25) is 5.02 Å². The van der Waals surface area contributed by atoms with Gasteiger partial charge in [0.1, 0.15) is 0 Å². The zero-order valence-electron chi connectivity index (χ0n) is 11.8. The second kappa shape index (κ2) is 5.22. The van der Waals surface area contributed by atoms with Gasteiger partial charge < -0.3 is 5.32 Å². The van der Waals surface area contributed by atoms with E-state index in [1.165, 1.54) is 19.3 Å². The van der Waals surface area contributed by atoms with E-state index in [9.17, 15) is 0 Å². The Kier molecular flexibility index (Phi) is 4.02. The lowest BCUT2D eigenvalue weighted by molar-refractivity contribution is 0.197. The summed E-state index contributed by atoms with van der Waals surface area (Å²) in [5.41, 5.74) is 1.53. The summed E-state index contributed by atoms with van der Waals surface area (Å²) in [5.74, 6) is 0.627. The smallest absolute Gasteiger partial charge is 0.0834 e. The molecule has 1 aromatic rings. The molecule has 3 nitrogen and oxygen atoms in total. The lowest BCUT2D eigenvalue weighted by Gasteiger charge is -2.34. The molecule has 2 unspecified atom stereocenters. The predicted octanol–water partition coefficient (Wildman–Crippen LogP) is 3.64. The summed E-state index contributed by atoms with van der Waals surface area (Å²) in [6.07, 6.45) is 5.65. The molecule has 1 saturated carbocycles. The molecular formula is C14H24ClN3. The van der Waals surface area contributed by atoms with Gasteiger partial charge in [0.05, 0.1) is 23.0 Å². The Labute approximate surface area is 115 Å². The van der Waals surface area contributed by atoms with Gasteiger partial charge in [-0.1, -0.05) is 31.9 Å². The van der Waals surface area contributed by atoms with E-state index < -0.39 is 0 Å². The Morgan fingerprint density at radius 3 is 2.83 bits per heavy atom. The molecule has 0 amide bonds. The van der Waals surface area contributed by atoms with Crippen LogP contribution in [-0.2, 0) is 6.54 Å². The largest absolute Gasteiger partial charge is 0.311 e. The number of aryl methyl sites for hydroxylation is 1. The van der Waals surface area contributed by atoms with Crippen LogP contribution in [0.1, 0.15) is 51.8 Å². The number of aromatic nitrogens is 2. The summed E-state index contributed by atoms with van der Waals surface area (Å²) >= 11 is 6.35. The van der Waals surface area contributed by atoms with Crippen LogP contribution < -0.4 is 5.32 Å². The third-order valence-electron chi connectivity index (χ3n) is 4.48. The molecule has 0 spiro atoms. The molecule has 2 rings (SSSR count). The van der Waals surface area contributed by atoms with Crippen molar-refractivity contribution in [2.75, 3.05) is 7.05 Å². The second-order valence-electron chi connectivity index (χ2n) is 5.95. The highest BCUT2D eigenvalue weighted by molar-refractivity contribution is 6.31. The van der Waals surface area contributed by atoms with Crippen molar-refractivity contribution in [3.63, 3.8) is 0 Å². The first kappa shape index (κ1) is 13.9. The predicted molar refractivity (Wildman–Crippen MR) is 75.8 cm³/mol. The van der Waals surface area contributed by atoms with E-state index in [1.807, 2.05) is 11.7 Å². The van der Waals surface area contributed by atoms with Gasteiger partial charge in [0.25, 0.3) is 0 Å². The van der Waals surface area contributed by atoms with Crippen molar-refractivity contribution in [2.45, 2.75) is 52.6 Å². The van der Waals surface area contributed by atoms with Crippen LogP contribution in [0.5, 0.6) is 0 Å². The first-order valence-electron chi connectivity index (χ1n) is 6.89. The van der Waals surface area contributed by atoms with Crippen molar-refractivity contribution >= 4 is 11.6 Å². The first-order valence-corrected chi connectivity index (χ1v) is 7.27. The standard InChI is InChI=1S/C14H24ClN3/c1-5-18-13(11(15)9-17-18)12(16-4)10-7-6-8-14(10,2)3/h9-10,12,16H,5-8H2,1-4H3. The second-order valence-corrected chi connectivity index (χ2v) is 6.35. The van der Waals surface area contributed by atoms with E-state index in [-0.39, 0.29) is 0 Å². The molecule has 1 aliphatic rings. The average molecular weight is 270 g/mol. The molecule has 18 heavy (non-hydrogen) atoms. The van der Waals surface area contributed by atoms with E-state index in [2.05, 4.69) is 31.2 Å². The van der Waals surface area contributed by atoms with Crippen LogP contribution in [0.3, 0.4) is 0 Å². The third-order valence-corrected chi connectivity index (χ3v) is 4.77. The highest BCUT2D eigenvalue weighted by Crippen LogP contribution is 2.49. The summed E-state index contributed by atoms with van der Waals surface area (Å²) in [6, 6.07) is 0.303. The molecule has 0 bridgehead atoms. The minimum atomic E-state index is 0.303. The van der Waals surface area contributed by atoms with Crippen molar-refractivity contribution in [3.8, 4) is 0 Å². The quantitative estimate of drug-likeness (QED) is 0.904. The van der Waals surface area contributed by atoms with E-state index in [4.69, 9.17) is 11.6 Å². The lowest BCUT2D eigenvalue weighted by Crippen LogP contribution is -2.33. The summed E-state index contributed by atoms with van der Waals surface area (Å²) in [7, 11) is 2.03. The molecule has 4 heteroatoms. The first-order chi connectivity index (χ1) is 8.51. The van der Waals surface area contributed by atoms with Gasteiger partial charge in [0.15, 0.2) is 0 Å². The molecule has 1 aromatic heterocycles. The molecule has 1 heterocycles. The lowest BCUT2D eigenvalue weighted by atomic mass is 9.76. The maximum Gasteiger partial charge on any atom is 0.0834 e. The Hall–Kier alpha value is -0.540. The van der Waals surface area contributed by atoms with Crippen molar-refractivity contribution < 1.29 is 0 Å². The molecule has 1 aliphatic carbocycles. The molecule has 0 radical (unpaired) electrons. The van der Waals surface area contributed by atoms with Gasteiger partial charge in [0, 0.05) is 6.54 Å².